The van der Waals surface area contributed by atoms with Crippen molar-refractivity contribution in [1.29, 1.82) is 0 Å². The first kappa shape index (κ1) is 12.5. The molecule has 0 aliphatic heterocycles. The number of pyridine rings is 1. The first-order valence-corrected chi connectivity index (χ1v) is 7.85. The highest BCUT2D eigenvalue weighted by Crippen LogP contribution is 2.28. The molecule has 3 heterocycles. The Morgan fingerprint density at radius 2 is 2.43 bits per heavy atom. The molecule has 1 aliphatic carbocycles. The molecule has 1 aliphatic rings. The van der Waals surface area contributed by atoms with Crippen LogP contribution < -0.4 is 5.32 Å². The number of hydrogen-bond acceptors (Lipinski definition) is 4. The lowest BCUT2D eigenvalue weighted by atomic mass is 9.92. The molecule has 6 heteroatoms. The number of nitrogens with one attached hydrogen (secondary N) is 1. The van der Waals surface area contributed by atoms with Crippen LogP contribution in [0.2, 0.25) is 0 Å². The monoisotopic (exact) mass is 298 g/mol. The lowest BCUT2D eigenvalue weighted by Gasteiger charge is -2.24. The molecular weight excluding hydrogens is 284 g/mol. The summed E-state index contributed by atoms with van der Waals surface area (Å²) in [6.07, 6.45) is 8.29. The van der Waals surface area contributed by atoms with Crippen LogP contribution in [0, 0.1) is 0 Å². The molecule has 0 saturated heterocycles. The topological polar surface area (TPSA) is 59.3 Å². The number of carbonyl (C=O) groups excluding carboxylic acids is 1. The summed E-state index contributed by atoms with van der Waals surface area (Å²) in [6, 6.07) is 4.05. The maximum Gasteiger partial charge on any atom is 0.269 e. The van der Waals surface area contributed by atoms with Crippen LogP contribution in [0.5, 0.6) is 0 Å². The van der Waals surface area contributed by atoms with Gasteiger partial charge in [-0.15, -0.1) is 11.3 Å². The normalized spacial score (nSPS) is 17.6. The molecular formula is C15H14N4OS. The van der Waals surface area contributed by atoms with Crippen molar-refractivity contribution in [1.82, 2.24) is 19.7 Å². The van der Waals surface area contributed by atoms with Gasteiger partial charge in [0.2, 0.25) is 0 Å². The van der Waals surface area contributed by atoms with Crippen molar-refractivity contribution >= 4 is 22.1 Å². The number of aryl methyl sites for hydroxylation is 1. The number of aromatic nitrogens is 3. The molecule has 0 spiro atoms. The van der Waals surface area contributed by atoms with Crippen LogP contribution in [0.15, 0.2) is 36.2 Å². The molecule has 0 fully saturated rings. The van der Waals surface area contributed by atoms with Crippen molar-refractivity contribution in [2.75, 3.05) is 0 Å². The minimum atomic E-state index is -0.0669. The summed E-state index contributed by atoms with van der Waals surface area (Å²) in [7, 11) is 0. The molecule has 0 radical (unpaired) electrons. The second-order valence-corrected chi connectivity index (χ2v) is 6.08. The Morgan fingerprint density at radius 1 is 1.48 bits per heavy atom. The zero-order valence-corrected chi connectivity index (χ0v) is 12.1. The third kappa shape index (κ3) is 2.12. The van der Waals surface area contributed by atoms with Gasteiger partial charge in [0, 0.05) is 11.6 Å². The van der Waals surface area contributed by atoms with E-state index in [0.717, 1.165) is 29.8 Å². The second kappa shape index (κ2) is 4.96. The van der Waals surface area contributed by atoms with Crippen LogP contribution in [-0.4, -0.2) is 20.3 Å². The van der Waals surface area contributed by atoms with E-state index in [-0.39, 0.29) is 11.9 Å². The van der Waals surface area contributed by atoms with E-state index in [1.165, 1.54) is 16.9 Å². The summed E-state index contributed by atoms with van der Waals surface area (Å²) in [4.78, 5) is 22.0. The van der Waals surface area contributed by atoms with Crippen molar-refractivity contribution in [3.8, 4) is 0 Å². The lowest BCUT2D eigenvalue weighted by Crippen LogP contribution is -2.32. The summed E-state index contributed by atoms with van der Waals surface area (Å²) in [5.41, 5.74) is 2.89. The van der Waals surface area contributed by atoms with Crippen LogP contribution in [0.1, 0.15) is 40.6 Å². The number of fused-ring (bicyclic) bond motifs is 2. The quantitative estimate of drug-likeness (QED) is 0.791. The minimum absolute atomic E-state index is 0.000853. The van der Waals surface area contributed by atoms with Crippen molar-refractivity contribution in [2.45, 2.75) is 25.3 Å². The SMILES string of the molecule is O=C(N[C@@H]1CCCc2cccnc21)c1csc2cncn12. The predicted octanol–water partition coefficient (Wildman–Crippen LogP) is 2.60. The standard InChI is InChI=1S/C15H14N4OS/c20-15(12-8-21-13-7-16-9-19(12)13)18-11-5-1-3-10-4-2-6-17-14(10)11/h2,4,6-9,11H,1,3,5H2,(H,18,20)/t11-/m1/s1. The lowest BCUT2D eigenvalue weighted by molar-refractivity contribution is 0.0926. The molecule has 106 valence electrons. The zero-order valence-electron chi connectivity index (χ0n) is 11.3. The Labute approximate surface area is 125 Å². The number of amides is 1. The Hall–Kier alpha value is -2.21. The Balaban J connectivity index is 1.62. The van der Waals surface area contributed by atoms with Gasteiger partial charge in [0.15, 0.2) is 0 Å². The fraction of sp³-hybridized carbons (Fsp3) is 0.267. The van der Waals surface area contributed by atoms with Crippen molar-refractivity contribution in [3.05, 3.63) is 53.2 Å². The van der Waals surface area contributed by atoms with Gasteiger partial charge in [-0.3, -0.25) is 14.2 Å². The smallest absolute Gasteiger partial charge is 0.269 e. The first-order valence-electron chi connectivity index (χ1n) is 6.97. The van der Waals surface area contributed by atoms with Crippen LogP contribution in [0.25, 0.3) is 4.83 Å². The summed E-state index contributed by atoms with van der Waals surface area (Å²) in [6.45, 7) is 0. The van der Waals surface area contributed by atoms with Crippen LogP contribution in [0.4, 0.5) is 0 Å². The number of imidazole rings is 1. The fourth-order valence-corrected chi connectivity index (χ4v) is 3.70. The Morgan fingerprint density at radius 3 is 3.38 bits per heavy atom. The molecule has 1 amide bonds. The van der Waals surface area contributed by atoms with E-state index < -0.39 is 0 Å². The number of nitrogens with zero attached hydrogens (tertiary/aromatic N) is 3. The van der Waals surface area contributed by atoms with Gasteiger partial charge in [-0.2, -0.15) is 0 Å². The molecule has 0 saturated carbocycles. The fourth-order valence-electron chi connectivity index (χ4n) is 2.87. The molecule has 0 unspecified atom stereocenters. The van der Waals surface area contributed by atoms with E-state index in [1.807, 2.05) is 15.8 Å². The molecule has 5 nitrogen and oxygen atoms in total. The van der Waals surface area contributed by atoms with Gasteiger partial charge in [-0.05, 0) is 30.9 Å². The van der Waals surface area contributed by atoms with E-state index in [2.05, 4.69) is 21.4 Å². The number of hydrogen-bond donors (Lipinski definition) is 1. The number of carbonyl (C=O) groups is 1. The van der Waals surface area contributed by atoms with Crippen molar-refractivity contribution in [3.63, 3.8) is 0 Å². The van der Waals surface area contributed by atoms with Gasteiger partial charge in [0.05, 0.1) is 17.9 Å². The van der Waals surface area contributed by atoms with E-state index in [9.17, 15) is 4.79 Å². The van der Waals surface area contributed by atoms with E-state index in [4.69, 9.17) is 0 Å². The number of thiazole rings is 1. The summed E-state index contributed by atoms with van der Waals surface area (Å²) >= 11 is 1.52. The van der Waals surface area contributed by atoms with Crippen LogP contribution in [-0.2, 0) is 6.42 Å². The average molecular weight is 298 g/mol. The van der Waals surface area contributed by atoms with Crippen LogP contribution in [0.3, 0.4) is 0 Å². The summed E-state index contributed by atoms with van der Waals surface area (Å²) in [5.74, 6) is -0.0669. The van der Waals surface area contributed by atoms with Gasteiger partial charge in [-0.1, -0.05) is 6.07 Å². The maximum absolute atomic E-state index is 12.5. The summed E-state index contributed by atoms with van der Waals surface area (Å²) in [5, 5.41) is 4.99. The van der Waals surface area contributed by atoms with Gasteiger partial charge < -0.3 is 5.32 Å². The highest BCUT2D eigenvalue weighted by molar-refractivity contribution is 7.15. The minimum Gasteiger partial charge on any atom is -0.342 e. The molecule has 3 aromatic rings. The van der Waals surface area contributed by atoms with E-state index in [0.29, 0.717) is 5.69 Å². The third-order valence-electron chi connectivity index (χ3n) is 3.89. The Kier molecular flexibility index (Phi) is 2.96. The molecule has 1 atom stereocenters. The third-order valence-corrected chi connectivity index (χ3v) is 4.77. The van der Waals surface area contributed by atoms with E-state index in [1.54, 1.807) is 18.7 Å². The van der Waals surface area contributed by atoms with Crippen molar-refractivity contribution < 1.29 is 4.79 Å². The molecule has 21 heavy (non-hydrogen) atoms. The summed E-state index contributed by atoms with van der Waals surface area (Å²) < 4.78 is 1.82. The molecule has 0 bridgehead atoms. The second-order valence-electron chi connectivity index (χ2n) is 5.19. The van der Waals surface area contributed by atoms with Gasteiger partial charge in [-0.25, -0.2) is 4.98 Å². The van der Waals surface area contributed by atoms with Gasteiger partial charge in [0.25, 0.3) is 5.91 Å². The molecule has 0 aromatic carbocycles. The van der Waals surface area contributed by atoms with Gasteiger partial charge >= 0.3 is 0 Å². The van der Waals surface area contributed by atoms with Crippen LogP contribution >= 0.6 is 11.3 Å². The van der Waals surface area contributed by atoms with Crippen molar-refractivity contribution in [2.24, 2.45) is 0 Å². The average Bonchev–Trinajstić information content (AvgIpc) is 3.10. The van der Waals surface area contributed by atoms with E-state index >= 15 is 0 Å². The molecule has 1 N–H and O–H groups in total. The molecule has 4 rings (SSSR count). The number of rotatable bonds is 2. The first-order chi connectivity index (χ1) is 10.3. The predicted molar refractivity (Wildman–Crippen MR) is 80.5 cm³/mol. The highest BCUT2D eigenvalue weighted by Gasteiger charge is 2.24. The Bertz CT molecular complexity index is 807. The zero-order chi connectivity index (χ0) is 14.2. The molecule has 3 aromatic heterocycles. The maximum atomic E-state index is 12.5. The highest BCUT2D eigenvalue weighted by atomic mass is 32.1. The largest absolute Gasteiger partial charge is 0.342 e. The van der Waals surface area contributed by atoms with Gasteiger partial charge in [0.1, 0.15) is 16.9 Å².